The SMILES string of the molecule is O=c1[nH]c2ccc(CCNCC3CCNC3)cc2[nH]1. The normalized spacial score (nSPS) is 19.3. The van der Waals surface area contributed by atoms with Gasteiger partial charge in [-0.05, 0) is 62.6 Å². The van der Waals surface area contributed by atoms with Gasteiger partial charge in [0, 0.05) is 0 Å². The van der Waals surface area contributed by atoms with Crippen LogP contribution in [0.5, 0.6) is 0 Å². The smallest absolute Gasteiger partial charge is 0.316 e. The highest BCUT2D eigenvalue weighted by molar-refractivity contribution is 5.74. The first-order valence-electron chi connectivity index (χ1n) is 6.93. The van der Waals surface area contributed by atoms with Crippen molar-refractivity contribution in [2.24, 2.45) is 5.92 Å². The predicted molar refractivity (Wildman–Crippen MR) is 76.5 cm³/mol. The first-order chi connectivity index (χ1) is 9.31. The van der Waals surface area contributed by atoms with Gasteiger partial charge >= 0.3 is 5.69 Å². The molecule has 0 radical (unpaired) electrons. The molecule has 1 aliphatic rings. The summed E-state index contributed by atoms with van der Waals surface area (Å²) in [5.74, 6) is 0.781. The highest BCUT2D eigenvalue weighted by atomic mass is 16.1. The second kappa shape index (κ2) is 5.59. The van der Waals surface area contributed by atoms with Crippen LogP contribution in [0.2, 0.25) is 0 Å². The molecule has 1 unspecified atom stereocenters. The minimum absolute atomic E-state index is 0.140. The summed E-state index contributed by atoms with van der Waals surface area (Å²) in [6.07, 6.45) is 2.27. The molecular formula is C14H20N4O. The number of rotatable bonds is 5. The van der Waals surface area contributed by atoms with Crippen molar-refractivity contribution in [1.82, 2.24) is 20.6 Å². The van der Waals surface area contributed by atoms with Crippen molar-refractivity contribution in [3.63, 3.8) is 0 Å². The zero-order chi connectivity index (χ0) is 13.1. The first-order valence-corrected chi connectivity index (χ1v) is 6.93. The highest BCUT2D eigenvalue weighted by Crippen LogP contribution is 2.10. The van der Waals surface area contributed by atoms with E-state index in [4.69, 9.17) is 0 Å². The number of imidazole rings is 1. The van der Waals surface area contributed by atoms with Gasteiger partial charge in [0.1, 0.15) is 0 Å². The van der Waals surface area contributed by atoms with Gasteiger partial charge < -0.3 is 20.6 Å². The lowest BCUT2D eigenvalue weighted by Crippen LogP contribution is -2.26. The van der Waals surface area contributed by atoms with Gasteiger partial charge in [0.15, 0.2) is 0 Å². The molecular weight excluding hydrogens is 240 g/mol. The Hall–Kier alpha value is -1.59. The Balaban J connectivity index is 1.51. The molecule has 3 rings (SSSR count). The molecule has 1 atom stereocenters. The topological polar surface area (TPSA) is 72.7 Å². The summed E-state index contributed by atoms with van der Waals surface area (Å²) >= 11 is 0. The van der Waals surface area contributed by atoms with Gasteiger partial charge in [-0.2, -0.15) is 0 Å². The molecule has 102 valence electrons. The number of H-pyrrole nitrogens is 2. The zero-order valence-electron chi connectivity index (χ0n) is 11.0. The monoisotopic (exact) mass is 260 g/mol. The van der Waals surface area contributed by atoms with Gasteiger partial charge in [-0.15, -0.1) is 0 Å². The Kier molecular flexibility index (Phi) is 3.66. The van der Waals surface area contributed by atoms with Crippen molar-refractivity contribution >= 4 is 11.0 Å². The number of benzene rings is 1. The van der Waals surface area contributed by atoms with Gasteiger partial charge in [-0.3, -0.25) is 0 Å². The third-order valence-electron chi connectivity index (χ3n) is 3.77. The summed E-state index contributed by atoms with van der Waals surface area (Å²) in [6.45, 7) is 4.38. The van der Waals surface area contributed by atoms with E-state index in [9.17, 15) is 4.79 Å². The van der Waals surface area contributed by atoms with Gasteiger partial charge in [0.2, 0.25) is 0 Å². The number of aromatic amines is 2. The summed E-state index contributed by atoms with van der Waals surface area (Å²) in [7, 11) is 0. The lowest BCUT2D eigenvalue weighted by molar-refractivity contribution is 0.515. The van der Waals surface area contributed by atoms with Crippen molar-refractivity contribution in [3.05, 3.63) is 34.2 Å². The highest BCUT2D eigenvalue weighted by Gasteiger charge is 2.13. The number of aromatic nitrogens is 2. The van der Waals surface area contributed by atoms with E-state index in [-0.39, 0.29) is 5.69 Å². The first kappa shape index (κ1) is 12.4. The molecule has 1 aromatic heterocycles. The lowest BCUT2D eigenvalue weighted by atomic mass is 10.1. The van der Waals surface area contributed by atoms with E-state index in [1.807, 2.05) is 12.1 Å². The minimum atomic E-state index is -0.140. The molecule has 1 saturated heterocycles. The lowest BCUT2D eigenvalue weighted by Gasteiger charge is -2.09. The van der Waals surface area contributed by atoms with Crippen LogP contribution >= 0.6 is 0 Å². The standard InChI is InChI=1S/C14H20N4O/c19-14-17-12-2-1-10(7-13(12)18-14)3-5-15-8-11-4-6-16-9-11/h1-2,7,11,15-16H,3-6,8-9H2,(H2,17,18,19). The molecule has 19 heavy (non-hydrogen) atoms. The third kappa shape index (κ3) is 3.05. The molecule has 5 heteroatoms. The molecule has 0 saturated carbocycles. The van der Waals surface area contributed by atoms with Crippen molar-refractivity contribution in [1.29, 1.82) is 0 Å². The summed E-state index contributed by atoms with van der Waals surface area (Å²) in [6, 6.07) is 6.08. The Bertz CT molecular complexity index is 595. The van der Waals surface area contributed by atoms with E-state index in [2.05, 4.69) is 26.7 Å². The summed E-state index contributed by atoms with van der Waals surface area (Å²) in [5.41, 5.74) is 2.88. The van der Waals surface area contributed by atoms with Gasteiger partial charge in [0.05, 0.1) is 11.0 Å². The Morgan fingerprint density at radius 3 is 3.00 bits per heavy atom. The maximum atomic E-state index is 11.2. The molecule has 2 heterocycles. The summed E-state index contributed by atoms with van der Waals surface area (Å²) in [5, 5.41) is 6.89. The fourth-order valence-electron chi connectivity index (χ4n) is 2.66. The van der Waals surface area contributed by atoms with Crippen LogP contribution in [0.4, 0.5) is 0 Å². The molecule has 5 nitrogen and oxygen atoms in total. The number of hydrogen-bond donors (Lipinski definition) is 4. The third-order valence-corrected chi connectivity index (χ3v) is 3.77. The summed E-state index contributed by atoms with van der Waals surface area (Å²) < 4.78 is 0. The predicted octanol–water partition coefficient (Wildman–Crippen LogP) is 0.598. The fraction of sp³-hybridized carbons (Fsp3) is 0.500. The molecule has 1 aromatic carbocycles. The van der Waals surface area contributed by atoms with E-state index in [0.717, 1.165) is 49.6 Å². The second-order valence-corrected chi connectivity index (χ2v) is 5.27. The minimum Gasteiger partial charge on any atom is -0.316 e. The van der Waals surface area contributed by atoms with Crippen LogP contribution < -0.4 is 16.3 Å². The average Bonchev–Trinajstić information content (AvgIpc) is 3.02. The van der Waals surface area contributed by atoms with Crippen LogP contribution in [0.1, 0.15) is 12.0 Å². The Labute approximate surface area is 111 Å². The quantitative estimate of drug-likeness (QED) is 0.595. The van der Waals surface area contributed by atoms with Crippen LogP contribution in [0, 0.1) is 5.92 Å². The fourth-order valence-corrected chi connectivity index (χ4v) is 2.66. The zero-order valence-corrected chi connectivity index (χ0v) is 11.0. The van der Waals surface area contributed by atoms with Crippen LogP contribution in [0.25, 0.3) is 11.0 Å². The van der Waals surface area contributed by atoms with Gasteiger partial charge in [-0.25, -0.2) is 4.79 Å². The Morgan fingerprint density at radius 2 is 2.16 bits per heavy atom. The molecule has 0 spiro atoms. The largest absolute Gasteiger partial charge is 0.323 e. The number of nitrogens with one attached hydrogen (secondary N) is 4. The van der Waals surface area contributed by atoms with Crippen molar-refractivity contribution < 1.29 is 0 Å². The summed E-state index contributed by atoms with van der Waals surface area (Å²) in [4.78, 5) is 16.7. The Morgan fingerprint density at radius 1 is 1.26 bits per heavy atom. The molecule has 4 N–H and O–H groups in total. The van der Waals surface area contributed by atoms with Crippen LogP contribution in [0.15, 0.2) is 23.0 Å². The van der Waals surface area contributed by atoms with E-state index in [0.29, 0.717) is 0 Å². The van der Waals surface area contributed by atoms with Crippen LogP contribution in [-0.2, 0) is 6.42 Å². The average molecular weight is 260 g/mol. The molecule has 1 aliphatic heterocycles. The van der Waals surface area contributed by atoms with Crippen molar-refractivity contribution in [2.75, 3.05) is 26.2 Å². The van der Waals surface area contributed by atoms with E-state index < -0.39 is 0 Å². The van der Waals surface area contributed by atoms with Gasteiger partial charge in [0.25, 0.3) is 0 Å². The molecule has 0 bridgehead atoms. The van der Waals surface area contributed by atoms with Crippen molar-refractivity contribution in [3.8, 4) is 0 Å². The maximum absolute atomic E-state index is 11.2. The number of fused-ring (bicyclic) bond motifs is 1. The van der Waals surface area contributed by atoms with Crippen LogP contribution in [-0.4, -0.2) is 36.1 Å². The van der Waals surface area contributed by atoms with E-state index in [1.54, 1.807) is 0 Å². The van der Waals surface area contributed by atoms with Gasteiger partial charge in [-0.1, -0.05) is 6.07 Å². The maximum Gasteiger partial charge on any atom is 0.323 e. The van der Waals surface area contributed by atoms with Crippen molar-refractivity contribution in [2.45, 2.75) is 12.8 Å². The number of hydrogen-bond acceptors (Lipinski definition) is 3. The van der Waals surface area contributed by atoms with E-state index in [1.165, 1.54) is 12.0 Å². The van der Waals surface area contributed by atoms with E-state index >= 15 is 0 Å². The molecule has 0 aliphatic carbocycles. The van der Waals surface area contributed by atoms with Crippen LogP contribution in [0.3, 0.4) is 0 Å². The second-order valence-electron chi connectivity index (χ2n) is 5.27. The molecule has 0 amide bonds. The molecule has 1 fully saturated rings. The molecule has 2 aromatic rings.